The Morgan fingerprint density at radius 3 is 2.39 bits per heavy atom. The van der Waals surface area contributed by atoms with Crippen molar-refractivity contribution in [2.24, 2.45) is 0 Å². The molecule has 0 atom stereocenters. The first-order valence-electron chi connectivity index (χ1n) is 5.85. The van der Waals surface area contributed by atoms with Crippen molar-refractivity contribution in [2.75, 3.05) is 10.6 Å². The van der Waals surface area contributed by atoms with Gasteiger partial charge in [-0.1, -0.05) is 11.6 Å². The maximum Gasteiger partial charge on any atom is 0.573 e. The van der Waals surface area contributed by atoms with Gasteiger partial charge in [-0.25, -0.2) is 14.2 Å². The number of carbonyl (C=O) groups excluding carboxylic acids is 1. The van der Waals surface area contributed by atoms with Crippen molar-refractivity contribution >= 4 is 29.3 Å². The maximum atomic E-state index is 12.9. The lowest BCUT2D eigenvalue weighted by molar-refractivity contribution is -0.274. The lowest BCUT2D eigenvalue weighted by Gasteiger charge is -2.10. The van der Waals surface area contributed by atoms with Crippen LogP contribution in [-0.2, 0) is 0 Å². The van der Waals surface area contributed by atoms with Gasteiger partial charge in [0.05, 0.1) is 6.20 Å². The number of amides is 2. The summed E-state index contributed by atoms with van der Waals surface area (Å²) < 4.78 is 52.6. The van der Waals surface area contributed by atoms with Gasteiger partial charge in [0.2, 0.25) is 5.95 Å². The molecule has 0 saturated carbocycles. The Morgan fingerprint density at radius 1 is 1.17 bits per heavy atom. The van der Waals surface area contributed by atoms with E-state index in [9.17, 15) is 22.4 Å². The van der Waals surface area contributed by atoms with Crippen molar-refractivity contribution < 1.29 is 27.1 Å². The number of urea groups is 1. The fourth-order valence-corrected chi connectivity index (χ4v) is 1.54. The van der Waals surface area contributed by atoms with E-state index in [2.05, 4.69) is 25.3 Å². The van der Waals surface area contributed by atoms with Gasteiger partial charge in [-0.3, -0.25) is 5.32 Å². The number of carbonyl (C=O) groups is 1. The fraction of sp³-hybridized carbons (Fsp3) is 0.0833. The third-order valence-corrected chi connectivity index (χ3v) is 2.54. The highest BCUT2D eigenvalue weighted by molar-refractivity contribution is 6.29. The smallest absolute Gasteiger partial charge is 0.406 e. The molecule has 2 rings (SSSR count). The molecule has 1 heterocycles. The van der Waals surface area contributed by atoms with Crippen LogP contribution in [0.4, 0.5) is 34.0 Å². The number of anilines is 2. The number of rotatable bonds is 3. The average Bonchev–Trinajstić information content (AvgIpc) is 2.43. The first-order chi connectivity index (χ1) is 10.7. The minimum Gasteiger partial charge on any atom is -0.406 e. The minimum atomic E-state index is -4.80. The van der Waals surface area contributed by atoms with E-state index in [1.54, 1.807) is 0 Å². The van der Waals surface area contributed by atoms with Crippen LogP contribution >= 0.6 is 11.6 Å². The zero-order chi connectivity index (χ0) is 17.0. The number of aromatic nitrogens is 2. The number of nitrogens with zero attached hydrogens (tertiary/aromatic N) is 2. The van der Waals surface area contributed by atoms with Crippen molar-refractivity contribution in [3.05, 3.63) is 41.4 Å². The number of benzene rings is 1. The normalized spacial score (nSPS) is 11.0. The van der Waals surface area contributed by atoms with Crippen LogP contribution < -0.4 is 15.4 Å². The Labute approximate surface area is 131 Å². The Balaban J connectivity index is 1.96. The van der Waals surface area contributed by atoms with E-state index in [-0.39, 0.29) is 11.6 Å². The largest absolute Gasteiger partial charge is 0.573 e. The van der Waals surface area contributed by atoms with E-state index < -0.39 is 29.1 Å². The molecule has 0 fully saturated rings. The first kappa shape index (κ1) is 16.7. The van der Waals surface area contributed by atoms with Crippen molar-refractivity contribution in [1.82, 2.24) is 9.97 Å². The van der Waals surface area contributed by atoms with Crippen LogP contribution in [0, 0.1) is 5.82 Å². The van der Waals surface area contributed by atoms with Gasteiger partial charge in [-0.05, 0) is 24.3 Å². The number of halogens is 5. The molecule has 2 aromatic rings. The average molecular weight is 351 g/mol. The SMILES string of the molecule is O=C(Nc1ccc(OC(F)(F)F)cc1)Nc1ncc(F)c(Cl)n1. The lowest BCUT2D eigenvalue weighted by atomic mass is 10.3. The number of hydrogen-bond acceptors (Lipinski definition) is 4. The van der Waals surface area contributed by atoms with Gasteiger partial charge in [0.1, 0.15) is 5.75 Å². The van der Waals surface area contributed by atoms with Crippen LogP contribution in [0.15, 0.2) is 30.5 Å². The Bertz CT molecular complexity index is 709. The van der Waals surface area contributed by atoms with Crippen LogP contribution in [0.5, 0.6) is 5.75 Å². The molecule has 0 saturated heterocycles. The number of nitrogens with one attached hydrogen (secondary N) is 2. The van der Waals surface area contributed by atoms with Crippen LogP contribution in [0.1, 0.15) is 0 Å². The highest BCUT2D eigenvalue weighted by atomic mass is 35.5. The molecule has 2 N–H and O–H groups in total. The summed E-state index contributed by atoms with van der Waals surface area (Å²) in [5, 5.41) is 4.02. The fourth-order valence-electron chi connectivity index (χ4n) is 1.41. The molecule has 0 aliphatic carbocycles. The molecular formula is C12H7ClF4N4O2. The van der Waals surface area contributed by atoms with Crippen LogP contribution in [-0.4, -0.2) is 22.4 Å². The third-order valence-electron chi connectivity index (χ3n) is 2.27. The Morgan fingerprint density at radius 2 is 1.83 bits per heavy atom. The molecule has 122 valence electrons. The topological polar surface area (TPSA) is 76.1 Å². The monoisotopic (exact) mass is 350 g/mol. The summed E-state index contributed by atoms with van der Waals surface area (Å²) in [5.41, 5.74) is 0.185. The van der Waals surface area contributed by atoms with Crippen LogP contribution in [0.25, 0.3) is 0 Å². The molecule has 23 heavy (non-hydrogen) atoms. The quantitative estimate of drug-likeness (QED) is 0.652. The summed E-state index contributed by atoms with van der Waals surface area (Å²) in [6.45, 7) is 0. The number of alkyl halides is 3. The van der Waals surface area contributed by atoms with Crippen molar-refractivity contribution in [1.29, 1.82) is 0 Å². The van der Waals surface area contributed by atoms with Gasteiger partial charge < -0.3 is 10.1 Å². The first-order valence-corrected chi connectivity index (χ1v) is 6.22. The van der Waals surface area contributed by atoms with Gasteiger partial charge >= 0.3 is 12.4 Å². The van der Waals surface area contributed by atoms with E-state index in [0.29, 0.717) is 0 Å². The van der Waals surface area contributed by atoms with E-state index >= 15 is 0 Å². The summed E-state index contributed by atoms with van der Waals surface area (Å²) in [5.74, 6) is -1.53. The summed E-state index contributed by atoms with van der Waals surface area (Å²) in [7, 11) is 0. The van der Waals surface area contributed by atoms with Crippen molar-refractivity contribution in [3.8, 4) is 5.75 Å². The van der Waals surface area contributed by atoms with E-state index in [4.69, 9.17) is 11.6 Å². The van der Waals surface area contributed by atoms with Gasteiger partial charge in [0.15, 0.2) is 11.0 Å². The van der Waals surface area contributed by atoms with E-state index in [1.165, 1.54) is 12.1 Å². The number of hydrogen-bond donors (Lipinski definition) is 2. The molecule has 1 aromatic heterocycles. The van der Waals surface area contributed by atoms with Crippen LogP contribution in [0.3, 0.4) is 0 Å². The maximum absolute atomic E-state index is 12.9. The van der Waals surface area contributed by atoms with Crippen molar-refractivity contribution in [2.45, 2.75) is 6.36 Å². The van der Waals surface area contributed by atoms with E-state index in [1.807, 2.05) is 0 Å². The molecule has 0 radical (unpaired) electrons. The molecule has 1 aromatic carbocycles. The summed E-state index contributed by atoms with van der Waals surface area (Å²) >= 11 is 5.42. The zero-order valence-electron chi connectivity index (χ0n) is 11.0. The molecule has 0 aliphatic rings. The predicted octanol–water partition coefficient (Wildman–Crippen LogP) is 3.81. The third kappa shape index (κ3) is 5.25. The second-order valence-electron chi connectivity index (χ2n) is 3.98. The molecule has 0 bridgehead atoms. The Hall–Kier alpha value is -2.62. The standard InChI is InChI=1S/C12H7ClF4N4O2/c13-9-8(14)5-18-10(20-9)21-11(22)19-6-1-3-7(4-2-6)23-12(15,16)17/h1-5H,(H2,18,19,20,21,22). The molecule has 0 spiro atoms. The minimum absolute atomic E-state index is 0.185. The summed E-state index contributed by atoms with van der Waals surface area (Å²) in [6, 6.07) is 3.64. The molecular weight excluding hydrogens is 344 g/mol. The number of ether oxygens (including phenoxy) is 1. The van der Waals surface area contributed by atoms with E-state index in [0.717, 1.165) is 18.3 Å². The summed E-state index contributed by atoms with van der Waals surface area (Å²) in [6.07, 6.45) is -4.03. The molecule has 11 heteroatoms. The second-order valence-corrected chi connectivity index (χ2v) is 4.34. The van der Waals surface area contributed by atoms with Gasteiger partial charge in [-0.2, -0.15) is 4.98 Å². The highest BCUT2D eigenvalue weighted by Crippen LogP contribution is 2.24. The second kappa shape index (κ2) is 6.65. The molecule has 0 aliphatic heterocycles. The molecule has 2 amide bonds. The van der Waals surface area contributed by atoms with Crippen LogP contribution in [0.2, 0.25) is 5.15 Å². The zero-order valence-corrected chi connectivity index (χ0v) is 11.7. The van der Waals surface area contributed by atoms with Gasteiger partial charge in [0.25, 0.3) is 0 Å². The summed E-state index contributed by atoms with van der Waals surface area (Å²) in [4.78, 5) is 18.6. The predicted molar refractivity (Wildman–Crippen MR) is 72.8 cm³/mol. The lowest BCUT2D eigenvalue weighted by Crippen LogP contribution is -2.21. The van der Waals surface area contributed by atoms with Crippen molar-refractivity contribution in [3.63, 3.8) is 0 Å². The van der Waals surface area contributed by atoms with Gasteiger partial charge in [-0.15, -0.1) is 13.2 Å². The van der Waals surface area contributed by atoms with Gasteiger partial charge in [0, 0.05) is 5.69 Å². The molecule has 6 nitrogen and oxygen atoms in total. The highest BCUT2D eigenvalue weighted by Gasteiger charge is 2.30. The Kier molecular flexibility index (Phi) is 4.84. The molecule has 0 unspecified atom stereocenters.